The van der Waals surface area contributed by atoms with Crippen LogP contribution in [-0.4, -0.2) is 66.6 Å². The van der Waals surface area contributed by atoms with E-state index in [1.165, 1.54) is 23.5 Å². The maximum absolute atomic E-state index is 13.9. The first-order chi connectivity index (χ1) is 21.8. The van der Waals surface area contributed by atoms with Crippen LogP contribution in [0.3, 0.4) is 0 Å². The summed E-state index contributed by atoms with van der Waals surface area (Å²) < 4.78 is 27.6. The summed E-state index contributed by atoms with van der Waals surface area (Å²) in [5, 5.41) is 20.2. The summed E-state index contributed by atoms with van der Waals surface area (Å²) in [7, 11) is 5.25. The van der Waals surface area contributed by atoms with Gasteiger partial charge in [-0.1, -0.05) is 54.6 Å². The molecule has 0 aliphatic rings. The van der Waals surface area contributed by atoms with Gasteiger partial charge in [-0.2, -0.15) is 0 Å². The number of amides is 2. The van der Waals surface area contributed by atoms with Gasteiger partial charge in [-0.15, -0.1) is 11.3 Å². The fourth-order valence-corrected chi connectivity index (χ4v) is 6.02. The number of nitrogens with one attached hydrogen (secondary N) is 2. The largest absolute Gasteiger partial charge is 0.390 e. The number of aromatic nitrogens is 1. The van der Waals surface area contributed by atoms with Gasteiger partial charge in [0.25, 0.3) is 17.7 Å². The second-order valence-corrected chi connectivity index (χ2v) is 12.6. The van der Waals surface area contributed by atoms with Gasteiger partial charge in [-0.3, -0.25) is 9.59 Å². The van der Waals surface area contributed by atoms with Gasteiger partial charge in [0.1, 0.15) is 5.01 Å². The summed E-state index contributed by atoms with van der Waals surface area (Å²) in [5.74, 6) is -3.64. The first-order valence-electron chi connectivity index (χ1n) is 15.0. The predicted octanol–water partition coefficient (Wildman–Crippen LogP) is 5.39. The lowest BCUT2D eigenvalue weighted by atomic mass is 9.99. The Morgan fingerprint density at radius 2 is 1.65 bits per heavy atom. The van der Waals surface area contributed by atoms with Crippen LogP contribution in [0.5, 0.6) is 0 Å². The third kappa shape index (κ3) is 9.18. The molecule has 0 unspecified atom stereocenters. The van der Waals surface area contributed by atoms with Gasteiger partial charge in [0.05, 0.1) is 35.5 Å². The molecular weight excluding hydrogens is 608 g/mol. The zero-order chi connectivity index (χ0) is 33.4. The van der Waals surface area contributed by atoms with Crippen LogP contribution < -0.4 is 15.5 Å². The second kappa shape index (κ2) is 15.4. The number of halogens is 2. The van der Waals surface area contributed by atoms with E-state index >= 15 is 0 Å². The number of nitrogens with zero attached hydrogens (tertiary/aromatic N) is 3. The fraction of sp³-hybridized carbons (Fsp3) is 0.343. The maximum atomic E-state index is 13.9. The number of carbonyl (C=O) groups excluding carboxylic acids is 2. The monoisotopic (exact) mass is 649 g/mol. The molecule has 2 atom stereocenters. The molecule has 1 aromatic heterocycles. The van der Waals surface area contributed by atoms with Crippen LogP contribution >= 0.6 is 11.3 Å². The Kier molecular flexibility index (Phi) is 11.6. The summed E-state index contributed by atoms with van der Waals surface area (Å²) in [6.45, 7) is 3.46. The van der Waals surface area contributed by atoms with Crippen molar-refractivity contribution in [2.75, 3.05) is 32.6 Å². The molecule has 0 aliphatic heterocycles. The lowest BCUT2D eigenvalue weighted by molar-refractivity contribution is 0.0173. The lowest BCUT2D eigenvalue weighted by Crippen LogP contribution is -2.49. The molecule has 0 aliphatic carbocycles. The highest BCUT2D eigenvalue weighted by Gasteiger charge is 2.28. The van der Waals surface area contributed by atoms with Crippen LogP contribution in [0.1, 0.15) is 55.0 Å². The molecule has 0 saturated carbocycles. The standard InChI is InChI=1S/C35H41F2N5O3S/c1-23-22-46-31(39-23)21-42(5)34(45)28-16-10-15-27(32(28)41(3)4)33(44)40-29(18-24-11-7-6-8-12-24)30(43)20-38-19-25-13-9-14-26(17-25)35(2,36)37/h6-17,22,29-30,38,43H,18-21H2,1-5H3,(H,40,44)/t29-,30+/m0/s1. The number of benzene rings is 3. The van der Waals surface area contributed by atoms with E-state index in [9.17, 15) is 23.5 Å². The number of aliphatic hydroxyl groups is 1. The Labute approximate surface area is 273 Å². The molecule has 3 N–H and O–H groups in total. The van der Waals surface area contributed by atoms with Crippen LogP contribution in [0.25, 0.3) is 0 Å². The number of aryl methyl sites for hydroxylation is 1. The Morgan fingerprint density at radius 1 is 0.978 bits per heavy atom. The SMILES string of the molecule is Cc1csc(CN(C)C(=O)c2cccc(C(=O)N[C@@H](Cc3ccccc3)[C@H](O)CNCc3cccc(C(C)(F)F)c3)c2N(C)C)n1. The second-order valence-electron chi connectivity index (χ2n) is 11.7. The van der Waals surface area contributed by atoms with Crippen molar-refractivity contribution in [1.82, 2.24) is 20.5 Å². The molecular formula is C35H41F2N5O3S. The first-order valence-corrected chi connectivity index (χ1v) is 15.9. The highest BCUT2D eigenvalue weighted by atomic mass is 32.1. The van der Waals surface area contributed by atoms with Crippen molar-refractivity contribution in [2.45, 2.75) is 51.4 Å². The molecule has 2 amide bonds. The van der Waals surface area contributed by atoms with Crippen molar-refractivity contribution in [3.05, 3.63) is 117 Å². The minimum atomic E-state index is -2.95. The number of hydrogen-bond donors (Lipinski definition) is 3. The number of alkyl halides is 2. The van der Waals surface area contributed by atoms with Crippen LogP contribution in [-0.2, 0) is 25.4 Å². The van der Waals surface area contributed by atoms with Gasteiger partial charge in [0.15, 0.2) is 0 Å². The highest BCUT2D eigenvalue weighted by Crippen LogP contribution is 2.28. The van der Waals surface area contributed by atoms with E-state index in [0.717, 1.165) is 23.2 Å². The lowest BCUT2D eigenvalue weighted by Gasteiger charge is -2.27. The van der Waals surface area contributed by atoms with Gasteiger partial charge >= 0.3 is 0 Å². The van der Waals surface area contributed by atoms with Crippen LogP contribution in [0, 0.1) is 6.92 Å². The van der Waals surface area contributed by atoms with E-state index in [4.69, 9.17) is 0 Å². The summed E-state index contributed by atoms with van der Waals surface area (Å²) >= 11 is 1.49. The van der Waals surface area contributed by atoms with Gasteiger partial charge in [-0.05, 0) is 42.7 Å². The average molecular weight is 650 g/mol. The van der Waals surface area contributed by atoms with Crippen molar-refractivity contribution in [2.24, 2.45) is 0 Å². The maximum Gasteiger partial charge on any atom is 0.270 e. The number of rotatable bonds is 14. The topological polar surface area (TPSA) is 97.8 Å². The number of hydrogen-bond acceptors (Lipinski definition) is 7. The molecule has 11 heteroatoms. The quantitative estimate of drug-likeness (QED) is 0.170. The smallest absolute Gasteiger partial charge is 0.270 e. The molecule has 244 valence electrons. The normalized spacial score (nSPS) is 12.8. The van der Waals surface area contributed by atoms with Crippen molar-refractivity contribution < 1.29 is 23.5 Å². The van der Waals surface area contributed by atoms with Crippen LogP contribution in [0.2, 0.25) is 0 Å². The molecule has 0 saturated heterocycles. The van der Waals surface area contributed by atoms with E-state index in [1.807, 2.05) is 42.6 Å². The summed E-state index contributed by atoms with van der Waals surface area (Å²) in [4.78, 5) is 35.2. The summed E-state index contributed by atoms with van der Waals surface area (Å²) in [6, 6.07) is 20.0. The Bertz CT molecular complexity index is 1620. The van der Waals surface area contributed by atoms with E-state index in [1.54, 1.807) is 61.3 Å². The molecule has 8 nitrogen and oxygen atoms in total. The Hall–Kier alpha value is -4.19. The number of thiazole rings is 1. The number of para-hydroxylation sites is 1. The van der Waals surface area contributed by atoms with Gasteiger partial charge in [0, 0.05) is 57.8 Å². The average Bonchev–Trinajstić information content (AvgIpc) is 3.44. The van der Waals surface area contributed by atoms with Crippen molar-refractivity contribution in [1.29, 1.82) is 0 Å². The Balaban J connectivity index is 1.52. The molecule has 46 heavy (non-hydrogen) atoms. The zero-order valence-corrected chi connectivity index (χ0v) is 27.6. The minimum Gasteiger partial charge on any atom is -0.390 e. The van der Waals surface area contributed by atoms with Crippen LogP contribution in [0.15, 0.2) is 78.2 Å². The van der Waals surface area contributed by atoms with Crippen molar-refractivity contribution >= 4 is 28.8 Å². The van der Waals surface area contributed by atoms with Crippen molar-refractivity contribution in [3.8, 4) is 0 Å². The molecule has 0 spiro atoms. The van der Waals surface area contributed by atoms with Crippen molar-refractivity contribution in [3.63, 3.8) is 0 Å². The number of aliphatic hydroxyl groups excluding tert-OH is 1. The molecule has 3 aromatic carbocycles. The van der Waals surface area contributed by atoms with Gasteiger partial charge in [0.2, 0.25) is 0 Å². The molecule has 4 rings (SSSR count). The summed E-state index contributed by atoms with van der Waals surface area (Å²) in [6.07, 6.45) is -0.667. The molecule has 0 fully saturated rings. The van der Waals surface area contributed by atoms with E-state index in [0.29, 0.717) is 35.3 Å². The van der Waals surface area contributed by atoms with Crippen LogP contribution in [0.4, 0.5) is 14.5 Å². The van der Waals surface area contributed by atoms with Gasteiger partial charge in [-0.25, -0.2) is 13.8 Å². The van der Waals surface area contributed by atoms with E-state index in [-0.39, 0.29) is 24.6 Å². The van der Waals surface area contributed by atoms with Gasteiger partial charge < -0.3 is 25.5 Å². The third-order valence-electron chi connectivity index (χ3n) is 7.54. The Morgan fingerprint density at radius 3 is 2.30 bits per heavy atom. The zero-order valence-electron chi connectivity index (χ0n) is 26.8. The third-order valence-corrected chi connectivity index (χ3v) is 8.49. The molecule has 0 radical (unpaired) electrons. The highest BCUT2D eigenvalue weighted by molar-refractivity contribution is 7.09. The van der Waals surface area contributed by atoms with E-state index in [2.05, 4.69) is 15.6 Å². The summed E-state index contributed by atoms with van der Waals surface area (Å²) in [5.41, 5.74) is 3.52. The predicted molar refractivity (Wildman–Crippen MR) is 179 cm³/mol. The minimum absolute atomic E-state index is 0.0801. The molecule has 4 aromatic rings. The fourth-order valence-electron chi connectivity index (χ4n) is 5.20. The molecule has 1 heterocycles. The van der Waals surface area contributed by atoms with E-state index < -0.39 is 24.0 Å². The number of carbonyl (C=O) groups is 2. The number of anilines is 1. The first kappa shape index (κ1) is 34.7. The molecule has 0 bridgehead atoms.